The summed E-state index contributed by atoms with van der Waals surface area (Å²) in [6, 6.07) is 5.41. The topological polar surface area (TPSA) is 84.3 Å². The summed E-state index contributed by atoms with van der Waals surface area (Å²) in [5.41, 5.74) is 2.77. The van der Waals surface area contributed by atoms with Crippen molar-refractivity contribution in [3.05, 3.63) is 46.3 Å². The maximum atomic E-state index is 15.1. The third-order valence-electron chi connectivity index (χ3n) is 6.70. The molecule has 0 atom stereocenters. The van der Waals surface area contributed by atoms with Crippen molar-refractivity contribution in [1.82, 2.24) is 4.90 Å². The van der Waals surface area contributed by atoms with Crippen molar-refractivity contribution in [3.8, 4) is 17.2 Å². The Kier molecular flexibility index (Phi) is 7.13. The molecule has 4 rings (SSSR count). The van der Waals surface area contributed by atoms with Gasteiger partial charge in [-0.2, -0.15) is 0 Å². The van der Waals surface area contributed by atoms with Crippen LogP contribution in [0.1, 0.15) is 47.8 Å². The molecule has 0 aliphatic carbocycles. The molecule has 8 nitrogen and oxygen atoms in total. The second-order valence-electron chi connectivity index (χ2n) is 10.0. The third kappa shape index (κ3) is 4.59. The Morgan fingerprint density at radius 2 is 1.72 bits per heavy atom. The van der Waals surface area contributed by atoms with Gasteiger partial charge in [0.2, 0.25) is 0 Å². The van der Waals surface area contributed by atoms with Crippen LogP contribution in [-0.4, -0.2) is 70.7 Å². The molecule has 9 heteroatoms. The first-order valence-electron chi connectivity index (χ1n) is 12.0. The number of amidine groups is 1. The van der Waals surface area contributed by atoms with Crippen LogP contribution >= 0.6 is 0 Å². The number of ether oxygens (including phenoxy) is 4. The van der Waals surface area contributed by atoms with E-state index in [2.05, 4.69) is 25.7 Å². The van der Waals surface area contributed by atoms with Gasteiger partial charge in [0.25, 0.3) is 0 Å². The van der Waals surface area contributed by atoms with Gasteiger partial charge in [-0.15, -0.1) is 0 Å². The zero-order valence-electron chi connectivity index (χ0n) is 21.8. The maximum absolute atomic E-state index is 15.1. The number of methoxy groups -OCH3 is 3. The normalized spacial score (nSPS) is 15.7. The van der Waals surface area contributed by atoms with Gasteiger partial charge in [0, 0.05) is 30.8 Å². The summed E-state index contributed by atoms with van der Waals surface area (Å²) < 4.78 is 36.9. The summed E-state index contributed by atoms with van der Waals surface area (Å²) in [6.07, 6.45) is 0. The maximum Gasteiger partial charge on any atom is 0.197 e. The van der Waals surface area contributed by atoms with Crippen molar-refractivity contribution >= 4 is 17.3 Å². The number of carbonyl (C=O) groups excluding carboxylic acids is 1. The minimum Gasteiger partial charge on any atom is -0.494 e. The first kappa shape index (κ1) is 25.8. The minimum atomic E-state index is -0.652. The number of nitrogens with zero attached hydrogens (tertiary/aromatic N) is 2. The molecule has 2 heterocycles. The van der Waals surface area contributed by atoms with E-state index in [0.29, 0.717) is 37.4 Å². The Morgan fingerprint density at radius 1 is 1.06 bits per heavy atom. The Labute approximate surface area is 211 Å². The molecule has 0 spiro atoms. The first-order valence-corrected chi connectivity index (χ1v) is 12.0. The number of hydrogen-bond donors (Lipinski definition) is 1. The number of Topliss-reactive ketones (excluding diaryl/α,β-unsaturated/α-hetero) is 1. The first-order chi connectivity index (χ1) is 17.1. The molecule has 2 aliphatic heterocycles. The van der Waals surface area contributed by atoms with Crippen LogP contribution in [0, 0.1) is 11.2 Å². The van der Waals surface area contributed by atoms with Crippen LogP contribution in [0.5, 0.6) is 17.2 Å². The number of benzene rings is 2. The molecule has 0 amide bonds. The van der Waals surface area contributed by atoms with E-state index in [1.807, 2.05) is 12.1 Å². The van der Waals surface area contributed by atoms with Gasteiger partial charge in [0.15, 0.2) is 23.1 Å². The predicted octanol–water partition coefficient (Wildman–Crippen LogP) is 4.01. The second-order valence-corrected chi connectivity index (χ2v) is 10.0. The number of nitrogens with one attached hydrogen (secondary N) is 1. The van der Waals surface area contributed by atoms with Crippen molar-refractivity contribution in [2.45, 2.75) is 32.7 Å². The Morgan fingerprint density at radius 3 is 2.31 bits per heavy atom. The van der Waals surface area contributed by atoms with E-state index < -0.39 is 5.82 Å². The van der Waals surface area contributed by atoms with Crippen molar-refractivity contribution in [1.29, 1.82) is 5.41 Å². The monoisotopic (exact) mass is 499 g/mol. The van der Waals surface area contributed by atoms with Gasteiger partial charge < -0.3 is 28.7 Å². The molecule has 1 N–H and O–H groups in total. The van der Waals surface area contributed by atoms with Crippen molar-refractivity contribution in [2.75, 3.05) is 59.1 Å². The van der Waals surface area contributed by atoms with Gasteiger partial charge >= 0.3 is 0 Å². The summed E-state index contributed by atoms with van der Waals surface area (Å²) in [5, 5.41) is 8.59. The van der Waals surface area contributed by atoms with Crippen LogP contribution in [-0.2, 0) is 16.7 Å². The van der Waals surface area contributed by atoms with Gasteiger partial charge in [-0.3, -0.25) is 10.2 Å². The number of anilines is 1. The van der Waals surface area contributed by atoms with Gasteiger partial charge in [-0.1, -0.05) is 20.8 Å². The van der Waals surface area contributed by atoms with Gasteiger partial charge in [-0.05, 0) is 29.2 Å². The molecular formula is C27H34FN3O5. The Balaban J connectivity index is 1.68. The Hall–Kier alpha value is -3.33. The molecule has 0 saturated carbocycles. The van der Waals surface area contributed by atoms with Crippen molar-refractivity contribution in [2.24, 2.45) is 0 Å². The third-order valence-corrected chi connectivity index (χ3v) is 6.70. The number of rotatable bonds is 7. The summed E-state index contributed by atoms with van der Waals surface area (Å²) in [4.78, 5) is 17.3. The fourth-order valence-corrected chi connectivity index (χ4v) is 4.81. The number of ketones is 1. The lowest BCUT2D eigenvalue weighted by Crippen LogP contribution is -2.37. The second kappa shape index (κ2) is 9.97. The largest absolute Gasteiger partial charge is 0.494 e. The molecule has 2 aromatic carbocycles. The molecule has 0 bridgehead atoms. The van der Waals surface area contributed by atoms with E-state index in [9.17, 15) is 4.79 Å². The lowest BCUT2D eigenvalue weighted by atomic mass is 9.84. The van der Waals surface area contributed by atoms with E-state index >= 15 is 4.39 Å². The smallest absolute Gasteiger partial charge is 0.197 e. The highest BCUT2D eigenvalue weighted by atomic mass is 19.1. The highest BCUT2D eigenvalue weighted by Gasteiger charge is 2.34. The average molecular weight is 500 g/mol. The average Bonchev–Trinajstić information content (AvgIpc) is 3.17. The van der Waals surface area contributed by atoms with Crippen LogP contribution < -0.4 is 19.1 Å². The summed E-state index contributed by atoms with van der Waals surface area (Å²) in [5.74, 6) is 0.109. The number of hydrogen-bond acceptors (Lipinski definition) is 7. The quantitative estimate of drug-likeness (QED) is 0.577. The standard InChI is InChI=1S/C27H34FN3O5/c1-27(2,3)18-11-16(12-19(24(18)34-5)30-7-9-36-10-8-30)20(32)15-31-14-17-13-21(33-4)25(35-6)23(28)22(17)26(31)29/h11-13,29H,7-10,14-15H2,1-6H3. The molecule has 36 heavy (non-hydrogen) atoms. The lowest BCUT2D eigenvalue weighted by Gasteiger charge is -2.33. The number of morpholine rings is 1. The minimum absolute atomic E-state index is 0.0465. The zero-order valence-corrected chi connectivity index (χ0v) is 21.8. The van der Waals surface area contributed by atoms with Crippen molar-refractivity contribution < 1.29 is 28.1 Å². The molecule has 194 valence electrons. The summed E-state index contributed by atoms with van der Waals surface area (Å²) in [6.45, 7) is 9.03. The van der Waals surface area contributed by atoms with E-state index in [0.717, 1.165) is 17.0 Å². The molecule has 2 aromatic rings. The van der Waals surface area contributed by atoms with E-state index in [1.165, 1.54) is 14.2 Å². The fraction of sp³-hybridized carbons (Fsp3) is 0.481. The van der Waals surface area contributed by atoms with Crippen LogP contribution in [0.4, 0.5) is 10.1 Å². The van der Waals surface area contributed by atoms with Crippen LogP contribution in [0.25, 0.3) is 0 Å². The molecule has 1 saturated heterocycles. The van der Waals surface area contributed by atoms with Crippen molar-refractivity contribution in [3.63, 3.8) is 0 Å². The predicted molar refractivity (Wildman–Crippen MR) is 136 cm³/mol. The van der Waals surface area contributed by atoms with Crippen LogP contribution in [0.15, 0.2) is 18.2 Å². The summed E-state index contributed by atoms with van der Waals surface area (Å²) in [7, 11) is 4.44. The molecule has 0 radical (unpaired) electrons. The molecular weight excluding hydrogens is 465 g/mol. The lowest BCUT2D eigenvalue weighted by molar-refractivity contribution is 0.0962. The van der Waals surface area contributed by atoms with Gasteiger partial charge in [-0.25, -0.2) is 4.39 Å². The SMILES string of the molecule is COc1cc2c(c(F)c1OC)C(=N)N(CC(=O)c1cc(N3CCOCC3)c(OC)c(C(C)(C)C)c1)C2. The number of halogens is 1. The highest BCUT2D eigenvalue weighted by molar-refractivity contribution is 6.06. The Bertz CT molecular complexity index is 1190. The van der Waals surface area contributed by atoms with E-state index in [1.54, 1.807) is 18.1 Å². The summed E-state index contributed by atoms with van der Waals surface area (Å²) >= 11 is 0. The number of carbonyl (C=O) groups is 1. The van der Waals surface area contributed by atoms with Crippen LogP contribution in [0.3, 0.4) is 0 Å². The molecule has 0 aromatic heterocycles. The van der Waals surface area contributed by atoms with E-state index in [-0.39, 0.29) is 47.2 Å². The molecule has 0 unspecified atom stereocenters. The number of fused-ring (bicyclic) bond motifs is 1. The molecule has 2 aliphatic rings. The van der Waals surface area contributed by atoms with Gasteiger partial charge in [0.05, 0.1) is 52.3 Å². The fourth-order valence-electron chi connectivity index (χ4n) is 4.81. The van der Waals surface area contributed by atoms with E-state index in [4.69, 9.17) is 24.4 Å². The highest BCUT2D eigenvalue weighted by Crippen LogP contribution is 2.41. The molecule has 1 fully saturated rings. The zero-order chi connectivity index (χ0) is 26.2. The van der Waals surface area contributed by atoms with Gasteiger partial charge in [0.1, 0.15) is 11.6 Å². The van der Waals surface area contributed by atoms with Crippen LogP contribution in [0.2, 0.25) is 0 Å².